The second kappa shape index (κ2) is 13.9. The van der Waals surface area contributed by atoms with Gasteiger partial charge in [-0.1, -0.05) is 6.92 Å². The molecule has 0 aliphatic heterocycles. The summed E-state index contributed by atoms with van der Waals surface area (Å²) in [6, 6.07) is 1.40. The number of carbonyl (C=O) groups excluding carboxylic acids is 2. The third-order valence-corrected chi connectivity index (χ3v) is 4.82. The lowest BCUT2D eigenvalue weighted by molar-refractivity contribution is -0.0293. The minimum atomic E-state index is -1.06. The van der Waals surface area contributed by atoms with E-state index in [0.29, 0.717) is 18.1 Å². The summed E-state index contributed by atoms with van der Waals surface area (Å²) in [7, 11) is 0. The molecule has 2 saturated carbocycles. The molecule has 184 valence electrons. The molecule has 0 aromatic carbocycles. The zero-order valence-corrected chi connectivity index (χ0v) is 20.7. The Morgan fingerprint density at radius 2 is 0.871 bits per heavy atom. The highest BCUT2D eigenvalue weighted by molar-refractivity contribution is 5.77. The number of nitrogens with two attached hydrogens (primary N) is 3. The molecule has 6 N–H and O–H groups in total. The van der Waals surface area contributed by atoms with E-state index in [9.17, 15) is 9.59 Å². The SMILES string of the molecule is CC(C)(C)OC(=O)OC(=O)OC(C)(C)C.CC1CCC(N)CC1.NC1CCC(N)CC1. The minimum Gasteiger partial charge on any atom is -0.428 e. The standard InChI is InChI=1S/C10H18O5.C7H15N.C6H14N2/c1-9(2,3)14-7(11)13-8(12)15-10(4,5)6;1-6-2-4-7(8)5-3-6;7-5-1-2-6(8)4-3-5/h1-6H3;6-7H,2-5,8H2,1H3;5-6H,1-4,7-8H2. The van der Waals surface area contributed by atoms with E-state index < -0.39 is 23.5 Å². The largest absolute Gasteiger partial charge is 0.519 e. The van der Waals surface area contributed by atoms with Gasteiger partial charge in [0, 0.05) is 18.1 Å². The number of hydrogen-bond donors (Lipinski definition) is 3. The predicted molar refractivity (Wildman–Crippen MR) is 124 cm³/mol. The lowest BCUT2D eigenvalue weighted by Gasteiger charge is -2.22. The van der Waals surface area contributed by atoms with Crippen LogP contribution < -0.4 is 17.2 Å². The maximum atomic E-state index is 11.0. The Hall–Kier alpha value is -1.38. The van der Waals surface area contributed by atoms with Crippen molar-refractivity contribution in [2.75, 3.05) is 0 Å². The number of rotatable bonds is 0. The first-order chi connectivity index (χ1) is 14.1. The van der Waals surface area contributed by atoms with Crippen molar-refractivity contribution in [2.45, 2.75) is 129 Å². The summed E-state index contributed by atoms with van der Waals surface area (Å²) in [6.45, 7) is 12.3. The zero-order valence-electron chi connectivity index (χ0n) is 20.7. The quantitative estimate of drug-likeness (QED) is 0.362. The van der Waals surface area contributed by atoms with E-state index in [1.165, 1.54) is 25.7 Å². The van der Waals surface area contributed by atoms with Gasteiger partial charge in [0.2, 0.25) is 0 Å². The topological polar surface area (TPSA) is 140 Å². The molecule has 2 rings (SSSR count). The van der Waals surface area contributed by atoms with E-state index in [1.54, 1.807) is 41.5 Å². The van der Waals surface area contributed by atoms with Crippen molar-refractivity contribution >= 4 is 12.3 Å². The van der Waals surface area contributed by atoms with Crippen molar-refractivity contribution in [3.8, 4) is 0 Å². The first-order valence-corrected chi connectivity index (χ1v) is 11.5. The van der Waals surface area contributed by atoms with E-state index >= 15 is 0 Å². The van der Waals surface area contributed by atoms with Gasteiger partial charge in [-0.25, -0.2) is 9.59 Å². The van der Waals surface area contributed by atoms with Gasteiger partial charge >= 0.3 is 12.3 Å². The first-order valence-electron chi connectivity index (χ1n) is 11.5. The first kappa shape index (κ1) is 29.6. The van der Waals surface area contributed by atoms with Crippen LogP contribution in [0.25, 0.3) is 0 Å². The van der Waals surface area contributed by atoms with Crippen LogP contribution in [0.2, 0.25) is 0 Å². The van der Waals surface area contributed by atoms with Crippen molar-refractivity contribution in [1.29, 1.82) is 0 Å². The third kappa shape index (κ3) is 19.1. The van der Waals surface area contributed by atoms with Gasteiger partial charge in [0.15, 0.2) is 0 Å². The Morgan fingerprint density at radius 3 is 1.10 bits per heavy atom. The summed E-state index contributed by atoms with van der Waals surface area (Å²) in [4.78, 5) is 22.0. The molecule has 0 spiro atoms. The third-order valence-electron chi connectivity index (χ3n) is 4.82. The molecule has 0 saturated heterocycles. The average molecular weight is 446 g/mol. The fourth-order valence-electron chi connectivity index (χ4n) is 3.04. The lowest BCUT2D eigenvalue weighted by Crippen LogP contribution is -2.33. The molecule has 0 bridgehead atoms. The van der Waals surface area contributed by atoms with Crippen LogP contribution in [0.4, 0.5) is 9.59 Å². The van der Waals surface area contributed by atoms with Crippen LogP contribution in [0.1, 0.15) is 99.8 Å². The second-order valence-corrected chi connectivity index (χ2v) is 10.7. The zero-order chi connectivity index (χ0) is 24.2. The summed E-state index contributed by atoms with van der Waals surface area (Å²) in [5, 5.41) is 0. The fraction of sp³-hybridized carbons (Fsp3) is 0.913. The minimum absolute atomic E-state index is 0.440. The Bertz CT molecular complexity index is 446. The van der Waals surface area contributed by atoms with Crippen molar-refractivity contribution in [2.24, 2.45) is 23.1 Å². The second-order valence-electron chi connectivity index (χ2n) is 10.7. The molecular weight excluding hydrogens is 398 g/mol. The molecule has 0 heterocycles. The summed E-state index contributed by atoms with van der Waals surface area (Å²) in [5.41, 5.74) is 15.6. The molecule has 31 heavy (non-hydrogen) atoms. The van der Waals surface area contributed by atoms with Crippen LogP contribution in [-0.4, -0.2) is 41.6 Å². The highest BCUT2D eigenvalue weighted by atomic mass is 16.8. The van der Waals surface area contributed by atoms with Crippen molar-refractivity contribution in [3.63, 3.8) is 0 Å². The van der Waals surface area contributed by atoms with Gasteiger partial charge in [-0.2, -0.15) is 0 Å². The van der Waals surface area contributed by atoms with Gasteiger partial charge in [-0.15, -0.1) is 0 Å². The van der Waals surface area contributed by atoms with Gasteiger partial charge < -0.3 is 31.4 Å². The lowest BCUT2D eigenvalue weighted by atomic mass is 9.88. The van der Waals surface area contributed by atoms with E-state index in [1.807, 2.05) is 0 Å². The molecule has 8 nitrogen and oxygen atoms in total. The molecule has 0 atom stereocenters. The van der Waals surface area contributed by atoms with E-state index in [-0.39, 0.29) is 0 Å². The summed E-state index contributed by atoms with van der Waals surface area (Å²) in [6.07, 6.45) is 7.59. The number of hydrogen-bond acceptors (Lipinski definition) is 8. The molecule has 0 radical (unpaired) electrons. The van der Waals surface area contributed by atoms with E-state index in [4.69, 9.17) is 26.7 Å². The predicted octanol–water partition coefficient (Wildman–Crippen LogP) is 4.61. The molecule has 2 fully saturated rings. The Kier molecular flexibility index (Phi) is 13.3. The molecule has 2 aliphatic rings. The number of carbonyl (C=O) groups is 2. The molecule has 0 amide bonds. The van der Waals surface area contributed by atoms with Crippen LogP contribution in [0.3, 0.4) is 0 Å². The summed E-state index contributed by atoms with van der Waals surface area (Å²) in [5.74, 6) is 0.940. The molecule has 8 heteroatoms. The Morgan fingerprint density at radius 1 is 0.613 bits per heavy atom. The smallest absolute Gasteiger partial charge is 0.428 e. The highest BCUT2D eigenvalue weighted by Gasteiger charge is 2.24. The average Bonchev–Trinajstić information content (AvgIpc) is 2.58. The summed E-state index contributed by atoms with van der Waals surface area (Å²) < 4.78 is 13.8. The fourth-order valence-corrected chi connectivity index (χ4v) is 3.04. The Balaban J connectivity index is 0.000000471. The van der Waals surface area contributed by atoms with Gasteiger partial charge in [0.1, 0.15) is 11.2 Å². The normalized spacial score (nSPS) is 26.3. The van der Waals surface area contributed by atoms with Crippen LogP contribution in [0.15, 0.2) is 0 Å². The summed E-state index contributed by atoms with van der Waals surface area (Å²) >= 11 is 0. The van der Waals surface area contributed by atoms with Gasteiger partial charge in [0.25, 0.3) is 0 Å². The van der Waals surface area contributed by atoms with Crippen LogP contribution in [0.5, 0.6) is 0 Å². The molecule has 2 aliphatic carbocycles. The highest BCUT2D eigenvalue weighted by Crippen LogP contribution is 2.21. The monoisotopic (exact) mass is 445 g/mol. The maximum Gasteiger partial charge on any atom is 0.519 e. The van der Waals surface area contributed by atoms with Crippen LogP contribution in [0, 0.1) is 5.92 Å². The number of ether oxygens (including phenoxy) is 3. The molecule has 0 unspecified atom stereocenters. The van der Waals surface area contributed by atoms with Crippen LogP contribution >= 0.6 is 0 Å². The van der Waals surface area contributed by atoms with E-state index in [0.717, 1.165) is 31.6 Å². The van der Waals surface area contributed by atoms with Gasteiger partial charge in [0.05, 0.1) is 0 Å². The van der Waals surface area contributed by atoms with Crippen LogP contribution in [-0.2, 0) is 14.2 Å². The molecule has 0 aromatic heterocycles. The Labute approximate surface area is 188 Å². The molecular formula is C23H47N3O5. The maximum absolute atomic E-state index is 11.0. The van der Waals surface area contributed by atoms with Gasteiger partial charge in [-0.05, 0) is 98.8 Å². The van der Waals surface area contributed by atoms with Gasteiger partial charge in [-0.3, -0.25) is 0 Å². The van der Waals surface area contributed by atoms with Crippen molar-refractivity contribution in [3.05, 3.63) is 0 Å². The molecule has 0 aromatic rings. The van der Waals surface area contributed by atoms with Crippen molar-refractivity contribution in [1.82, 2.24) is 0 Å². The van der Waals surface area contributed by atoms with Crippen molar-refractivity contribution < 1.29 is 23.8 Å². The van der Waals surface area contributed by atoms with E-state index in [2.05, 4.69) is 11.7 Å².